The van der Waals surface area contributed by atoms with Crippen LogP contribution in [-0.4, -0.2) is 36.3 Å². The van der Waals surface area contributed by atoms with Crippen LogP contribution in [-0.2, 0) is 11.2 Å². The Kier molecular flexibility index (Phi) is 4.95. The quantitative estimate of drug-likeness (QED) is 0.750. The van der Waals surface area contributed by atoms with Crippen LogP contribution in [0.2, 0.25) is 0 Å². The first kappa shape index (κ1) is 15.3. The highest BCUT2D eigenvalue weighted by atomic mass is 16.5. The second-order valence-corrected chi connectivity index (χ2v) is 6.22. The molecule has 3 N–H and O–H groups in total. The molecule has 0 aromatic heterocycles. The summed E-state index contributed by atoms with van der Waals surface area (Å²) in [6.45, 7) is 0.858. The first-order valence-electron chi connectivity index (χ1n) is 8.18. The molecular formula is C17H24N2O3. The van der Waals surface area contributed by atoms with E-state index in [-0.39, 0.29) is 12.5 Å². The van der Waals surface area contributed by atoms with Crippen molar-refractivity contribution in [2.24, 2.45) is 0 Å². The van der Waals surface area contributed by atoms with Crippen LogP contribution in [0.4, 0.5) is 5.69 Å². The minimum absolute atomic E-state index is 0.0644. The van der Waals surface area contributed by atoms with E-state index in [2.05, 4.69) is 10.6 Å². The van der Waals surface area contributed by atoms with Gasteiger partial charge in [-0.05, 0) is 43.0 Å². The van der Waals surface area contributed by atoms with Gasteiger partial charge in [-0.1, -0.05) is 12.8 Å². The van der Waals surface area contributed by atoms with E-state index in [1.807, 2.05) is 18.2 Å². The van der Waals surface area contributed by atoms with E-state index < -0.39 is 6.10 Å². The number of fused-ring (bicyclic) bond motifs is 1. The molecule has 5 nitrogen and oxygen atoms in total. The maximum atomic E-state index is 11.3. The zero-order valence-electron chi connectivity index (χ0n) is 12.8. The number of rotatable bonds is 6. The topological polar surface area (TPSA) is 70.6 Å². The summed E-state index contributed by atoms with van der Waals surface area (Å²) >= 11 is 0. The molecule has 0 saturated heterocycles. The van der Waals surface area contributed by atoms with E-state index >= 15 is 0 Å². The van der Waals surface area contributed by atoms with Gasteiger partial charge in [-0.25, -0.2) is 0 Å². The summed E-state index contributed by atoms with van der Waals surface area (Å²) in [4.78, 5) is 11.3. The molecule has 0 unspecified atom stereocenters. The third-order valence-electron chi connectivity index (χ3n) is 4.41. The summed E-state index contributed by atoms with van der Waals surface area (Å²) in [5.74, 6) is 0.810. The molecule has 0 radical (unpaired) electrons. The highest BCUT2D eigenvalue weighted by Gasteiger charge is 2.17. The smallest absolute Gasteiger partial charge is 0.224 e. The van der Waals surface area contributed by atoms with Gasteiger partial charge in [-0.2, -0.15) is 0 Å². The van der Waals surface area contributed by atoms with E-state index in [0.717, 1.165) is 23.4 Å². The van der Waals surface area contributed by atoms with Gasteiger partial charge in [0.15, 0.2) is 0 Å². The number of carbonyl (C=O) groups is 1. The molecule has 1 aliphatic carbocycles. The number of aliphatic hydroxyl groups is 1. The summed E-state index contributed by atoms with van der Waals surface area (Å²) in [6.07, 6.45) is 5.76. The Balaban J connectivity index is 1.45. The first-order chi connectivity index (χ1) is 10.7. The number of nitrogens with one attached hydrogen (secondary N) is 2. The van der Waals surface area contributed by atoms with Crippen molar-refractivity contribution in [3.63, 3.8) is 0 Å². The van der Waals surface area contributed by atoms with Gasteiger partial charge in [0.05, 0.1) is 0 Å². The van der Waals surface area contributed by atoms with Crippen molar-refractivity contribution in [1.29, 1.82) is 0 Å². The highest BCUT2D eigenvalue weighted by molar-refractivity contribution is 5.93. The maximum Gasteiger partial charge on any atom is 0.224 e. The predicted molar refractivity (Wildman–Crippen MR) is 85.2 cm³/mol. The lowest BCUT2D eigenvalue weighted by Crippen LogP contribution is -2.36. The van der Waals surface area contributed by atoms with E-state index in [1.54, 1.807) is 0 Å². The SMILES string of the molecule is O=C1CCc2cc(OC[C@H](O)CNC3CCCC3)ccc2N1. The van der Waals surface area contributed by atoms with Gasteiger partial charge in [0.2, 0.25) is 5.91 Å². The number of aliphatic hydroxyl groups excluding tert-OH is 1. The molecule has 0 bridgehead atoms. The number of aryl methyl sites for hydroxylation is 1. The molecule has 1 fully saturated rings. The number of ether oxygens (including phenoxy) is 1. The molecule has 1 aliphatic heterocycles. The Morgan fingerprint density at radius 3 is 2.95 bits per heavy atom. The van der Waals surface area contributed by atoms with Crippen molar-refractivity contribution in [3.8, 4) is 5.75 Å². The van der Waals surface area contributed by atoms with E-state index in [9.17, 15) is 9.90 Å². The van der Waals surface area contributed by atoms with Crippen molar-refractivity contribution < 1.29 is 14.6 Å². The molecule has 22 heavy (non-hydrogen) atoms. The summed E-state index contributed by atoms with van der Waals surface area (Å²) in [5, 5.41) is 16.2. The number of benzene rings is 1. The molecule has 3 rings (SSSR count). The van der Waals surface area contributed by atoms with Crippen LogP contribution in [0.1, 0.15) is 37.7 Å². The molecule has 1 amide bonds. The lowest BCUT2D eigenvalue weighted by molar-refractivity contribution is -0.116. The number of hydrogen-bond acceptors (Lipinski definition) is 4. The molecule has 2 aliphatic rings. The molecule has 0 spiro atoms. The average Bonchev–Trinajstić information content (AvgIpc) is 3.04. The van der Waals surface area contributed by atoms with Crippen molar-refractivity contribution in [2.75, 3.05) is 18.5 Å². The van der Waals surface area contributed by atoms with Crippen LogP contribution in [0.15, 0.2) is 18.2 Å². The third kappa shape index (κ3) is 3.99. The molecule has 120 valence electrons. The van der Waals surface area contributed by atoms with Gasteiger partial charge >= 0.3 is 0 Å². The van der Waals surface area contributed by atoms with Gasteiger partial charge in [-0.15, -0.1) is 0 Å². The zero-order valence-corrected chi connectivity index (χ0v) is 12.8. The fourth-order valence-electron chi connectivity index (χ4n) is 3.13. The normalized spacial score (nSPS) is 19.6. The Bertz CT molecular complexity index is 527. The Labute approximate surface area is 131 Å². The molecule has 1 aromatic carbocycles. The van der Waals surface area contributed by atoms with Crippen LogP contribution >= 0.6 is 0 Å². The third-order valence-corrected chi connectivity index (χ3v) is 4.41. The minimum Gasteiger partial charge on any atom is -0.491 e. The average molecular weight is 304 g/mol. The van der Waals surface area contributed by atoms with Crippen molar-refractivity contribution in [1.82, 2.24) is 5.32 Å². The summed E-state index contributed by atoms with van der Waals surface area (Å²) in [6, 6.07) is 6.21. The number of anilines is 1. The van der Waals surface area contributed by atoms with Gasteiger partial charge in [-0.3, -0.25) is 4.79 Å². The van der Waals surface area contributed by atoms with Crippen molar-refractivity contribution in [3.05, 3.63) is 23.8 Å². The van der Waals surface area contributed by atoms with E-state index in [1.165, 1.54) is 25.7 Å². The van der Waals surface area contributed by atoms with E-state index in [0.29, 0.717) is 19.0 Å². The van der Waals surface area contributed by atoms with Gasteiger partial charge < -0.3 is 20.5 Å². The van der Waals surface area contributed by atoms with Crippen molar-refractivity contribution in [2.45, 2.75) is 50.7 Å². The lowest BCUT2D eigenvalue weighted by atomic mass is 10.0. The summed E-state index contributed by atoms with van der Waals surface area (Å²) in [5.41, 5.74) is 1.96. The van der Waals surface area contributed by atoms with Crippen LogP contribution in [0.25, 0.3) is 0 Å². The Hall–Kier alpha value is -1.59. The second kappa shape index (κ2) is 7.11. The van der Waals surface area contributed by atoms with Gasteiger partial charge in [0.1, 0.15) is 18.5 Å². The molecule has 5 heteroatoms. The van der Waals surface area contributed by atoms with Gasteiger partial charge in [0, 0.05) is 24.7 Å². The number of amides is 1. The fourth-order valence-corrected chi connectivity index (χ4v) is 3.13. The number of hydrogen-bond donors (Lipinski definition) is 3. The predicted octanol–water partition coefficient (Wildman–Crippen LogP) is 1.84. The minimum atomic E-state index is -0.503. The standard InChI is InChI=1S/C17H24N2O3/c20-14(10-18-13-3-1-2-4-13)11-22-15-6-7-16-12(9-15)5-8-17(21)19-16/h6-7,9,13-14,18,20H,1-5,8,10-11H2,(H,19,21)/t14-/m1/s1. The Morgan fingerprint density at radius 2 is 2.14 bits per heavy atom. The molecule has 1 saturated carbocycles. The molecular weight excluding hydrogens is 280 g/mol. The van der Waals surface area contributed by atoms with Crippen LogP contribution in [0.5, 0.6) is 5.75 Å². The highest BCUT2D eigenvalue weighted by Crippen LogP contribution is 2.26. The van der Waals surface area contributed by atoms with Gasteiger partial charge in [0.25, 0.3) is 0 Å². The Morgan fingerprint density at radius 1 is 1.32 bits per heavy atom. The summed E-state index contributed by atoms with van der Waals surface area (Å²) in [7, 11) is 0. The molecule has 1 heterocycles. The van der Waals surface area contributed by atoms with E-state index in [4.69, 9.17) is 4.74 Å². The fraction of sp³-hybridized carbons (Fsp3) is 0.588. The molecule has 1 atom stereocenters. The first-order valence-corrected chi connectivity index (χ1v) is 8.18. The van der Waals surface area contributed by atoms with Crippen molar-refractivity contribution >= 4 is 11.6 Å². The number of carbonyl (C=O) groups excluding carboxylic acids is 1. The largest absolute Gasteiger partial charge is 0.491 e. The molecule has 1 aromatic rings. The lowest BCUT2D eigenvalue weighted by Gasteiger charge is -2.19. The van der Waals surface area contributed by atoms with Crippen LogP contribution < -0.4 is 15.4 Å². The second-order valence-electron chi connectivity index (χ2n) is 6.22. The monoisotopic (exact) mass is 304 g/mol. The maximum absolute atomic E-state index is 11.3. The zero-order chi connectivity index (χ0) is 15.4. The summed E-state index contributed by atoms with van der Waals surface area (Å²) < 4.78 is 5.67. The van der Waals surface area contributed by atoms with Crippen LogP contribution in [0, 0.1) is 0 Å². The van der Waals surface area contributed by atoms with Crippen LogP contribution in [0.3, 0.4) is 0 Å².